The number of carboxylic acid groups (broad SMARTS) is 1. The van der Waals surface area contributed by atoms with Crippen molar-refractivity contribution < 1.29 is 32.6 Å². The molecule has 1 amide bonds. The summed E-state index contributed by atoms with van der Waals surface area (Å²) in [5.74, 6) is -1.71. The molecule has 0 heterocycles. The summed E-state index contributed by atoms with van der Waals surface area (Å²) in [4.78, 5) is 23.1. The van der Waals surface area contributed by atoms with Gasteiger partial charge in [0, 0.05) is 5.56 Å². The third kappa shape index (κ3) is 7.03. The standard InChI is InChI=1S/C15H18F3NO4/c1-9(2)7-12(14(21)22)19-13(20)10-3-5-11(6-4-10)23-8-15(16,17)18/h3-6,9,12H,7-8H2,1-2H3,(H,19,20)(H,21,22). The molecule has 2 N–H and O–H groups in total. The van der Waals surface area contributed by atoms with Crippen LogP contribution in [0.2, 0.25) is 0 Å². The van der Waals surface area contributed by atoms with E-state index in [1.807, 2.05) is 13.8 Å². The molecular formula is C15H18F3NO4. The predicted octanol–water partition coefficient (Wildman–Crippen LogP) is 2.86. The number of alkyl halides is 3. The maximum Gasteiger partial charge on any atom is 0.422 e. The number of ether oxygens (including phenoxy) is 1. The van der Waals surface area contributed by atoms with Gasteiger partial charge in [0.2, 0.25) is 0 Å². The Balaban J connectivity index is 2.67. The summed E-state index contributed by atoms with van der Waals surface area (Å²) in [6, 6.07) is 3.96. The van der Waals surface area contributed by atoms with E-state index in [1.165, 1.54) is 24.3 Å². The number of amides is 1. The van der Waals surface area contributed by atoms with E-state index in [0.717, 1.165) is 0 Å². The van der Waals surface area contributed by atoms with E-state index >= 15 is 0 Å². The summed E-state index contributed by atoms with van der Waals surface area (Å²) < 4.78 is 40.6. The van der Waals surface area contributed by atoms with E-state index in [2.05, 4.69) is 10.1 Å². The molecule has 0 bridgehead atoms. The summed E-state index contributed by atoms with van der Waals surface area (Å²) in [5.41, 5.74) is 0.138. The molecule has 1 atom stereocenters. The number of carbonyl (C=O) groups excluding carboxylic acids is 1. The predicted molar refractivity (Wildman–Crippen MR) is 76.3 cm³/mol. The zero-order valence-corrected chi connectivity index (χ0v) is 12.7. The molecule has 23 heavy (non-hydrogen) atoms. The maximum absolute atomic E-state index is 12.0. The first-order chi connectivity index (χ1) is 10.6. The zero-order valence-electron chi connectivity index (χ0n) is 12.7. The average Bonchev–Trinajstić information content (AvgIpc) is 2.43. The van der Waals surface area contributed by atoms with Crippen molar-refractivity contribution in [1.82, 2.24) is 5.32 Å². The van der Waals surface area contributed by atoms with Crippen molar-refractivity contribution in [3.8, 4) is 5.75 Å². The van der Waals surface area contributed by atoms with Crippen LogP contribution in [0.4, 0.5) is 13.2 Å². The van der Waals surface area contributed by atoms with E-state index < -0.39 is 30.7 Å². The lowest BCUT2D eigenvalue weighted by Crippen LogP contribution is -2.41. The fraction of sp³-hybridized carbons (Fsp3) is 0.467. The minimum absolute atomic E-state index is 0.0316. The highest BCUT2D eigenvalue weighted by Gasteiger charge is 2.28. The van der Waals surface area contributed by atoms with Gasteiger partial charge in [-0.15, -0.1) is 0 Å². The molecule has 0 aliphatic rings. The molecule has 128 valence electrons. The van der Waals surface area contributed by atoms with Crippen molar-refractivity contribution in [2.45, 2.75) is 32.5 Å². The molecule has 0 saturated carbocycles. The molecule has 0 saturated heterocycles. The molecule has 0 aromatic heterocycles. The van der Waals surface area contributed by atoms with Crippen LogP contribution in [0.1, 0.15) is 30.6 Å². The first-order valence-corrected chi connectivity index (χ1v) is 6.92. The van der Waals surface area contributed by atoms with Gasteiger partial charge in [0.1, 0.15) is 11.8 Å². The van der Waals surface area contributed by atoms with Gasteiger partial charge in [0.05, 0.1) is 0 Å². The molecule has 1 unspecified atom stereocenters. The molecule has 0 radical (unpaired) electrons. The van der Waals surface area contributed by atoms with Crippen LogP contribution in [-0.4, -0.2) is 35.8 Å². The van der Waals surface area contributed by atoms with Gasteiger partial charge in [-0.1, -0.05) is 13.8 Å². The van der Waals surface area contributed by atoms with Gasteiger partial charge >= 0.3 is 12.1 Å². The van der Waals surface area contributed by atoms with Crippen molar-refractivity contribution in [1.29, 1.82) is 0 Å². The summed E-state index contributed by atoms with van der Waals surface area (Å²) in [6.45, 7) is 2.23. The topological polar surface area (TPSA) is 75.6 Å². The summed E-state index contributed by atoms with van der Waals surface area (Å²) in [5, 5.41) is 11.4. The molecule has 0 fully saturated rings. The highest BCUT2D eigenvalue weighted by atomic mass is 19.4. The lowest BCUT2D eigenvalue weighted by Gasteiger charge is -2.16. The molecule has 5 nitrogen and oxygen atoms in total. The van der Waals surface area contributed by atoms with Crippen LogP contribution in [0.5, 0.6) is 5.75 Å². The minimum Gasteiger partial charge on any atom is -0.484 e. The molecule has 1 rings (SSSR count). The Bertz CT molecular complexity index is 541. The highest BCUT2D eigenvalue weighted by Crippen LogP contribution is 2.19. The SMILES string of the molecule is CC(C)CC(NC(=O)c1ccc(OCC(F)(F)F)cc1)C(=O)O. The number of aliphatic carboxylic acids is 1. The largest absolute Gasteiger partial charge is 0.484 e. The van der Waals surface area contributed by atoms with Crippen molar-refractivity contribution in [3.63, 3.8) is 0 Å². The van der Waals surface area contributed by atoms with Crippen molar-refractivity contribution in [2.75, 3.05) is 6.61 Å². The van der Waals surface area contributed by atoms with Crippen LogP contribution in [0, 0.1) is 5.92 Å². The van der Waals surface area contributed by atoms with E-state index in [4.69, 9.17) is 5.11 Å². The van der Waals surface area contributed by atoms with Gasteiger partial charge in [-0.2, -0.15) is 13.2 Å². The minimum atomic E-state index is -4.44. The van der Waals surface area contributed by atoms with Gasteiger partial charge in [-0.3, -0.25) is 4.79 Å². The fourth-order valence-electron chi connectivity index (χ4n) is 1.80. The quantitative estimate of drug-likeness (QED) is 0.804. The van der Waals surface area contributed by atoms with Crippen LogP contribution in [0.15, 0.2) is 24.3 Å². The summed E-state index contributed by atoms with van der Waals surface area (Å²) in [6.07, 6.45) is -4.17. The Labute approximate surface area is 131 Å². The van der Waals surface area contributed by atoms with Gasteiger partial charge in [0.15, 0.2) is 6.61 Å². The molecule has 0 aliphatic heterocycles. The van der Waals surface area contributed by atoms with Crippen molar-refractivity contribution >= 4 is 11.9 Å². The van der Waals surface area contributed by atoms with Gasteiger partial charge in [-0.05, 0) is 36.6 Å². The third-order valence-corrected chi connectivity index (χ3v) is 2.83. The van der Waals surface area contributed by atoms with Crippen LogP contribution < -0.4 is 10.1 Å². The molecule has 8 heteroatoms. The van der Waals surface area contributed by atoms with E-state index in [1.54, 1.807) is 0 Å². The second-order valence-corrected chi connectivity index (χ2v) is 5.42. The maximum atomic E-state index is 12.0. The summed E-state index contributed by atoms with van der Waals surface area (Å²) >= 11 is 0. The Morgan fingerprint density at radius 2 is 1.78 bits per heavy atom. The Morgan fingerprint density at radius 1 is 1.22 bits per heavy atom. The molecule has 1 aromatic rings. The lowest BCUT2D eigenvalue weighted by atomic mass is 10.0. The van der Waals surface area contributed by atoms with Crippen LogP contribution in [-0.2, 0) is 4.79 Å². The second kappa shape index (κ2) is 7.85. The first-order valence-electron chi connectivity index (χ1n) is 6.92. The van der Waals surface area contributed by atoms with Crippen LogP contribution >= 0.6 is 0 Å². The number of carboxylic acids is 1. The number of halogens is 3. The number of hydrogen-bond donors (Lipinski definition) is 2. The molecule has 0 aliphatic carbocycles. The van der Waals surface area contributed by atoms with Crippen LogP contribution in [0.3, 0.4) is 0 Å². The molecule has 1 aromatic carbocycles. The highest BCUT2D eigenvalue weighted by molar-refractivity contribution is 5.96. The summed E-state index contributed by atoms with van der Waals surface area (Å²) in [7, 11) is 0. The van der Waals surface area contributed by atoms with Crippen LogP contribution in [0.25, 0.3) is 0 Å². The van der Waals surface area contributed by atoms with Gasteiger partial charge in [0.25, 0.3) is 5.91 Å². The normalized spacial score (nSPS) is 12.8. The Morgan fingerprint density at radius 3 is 2.22 bits per heavy atom. The molecule has 0 spiro atoms. The third-order valence-electron chi connectivity index (χ3n) is 2.83. The van der Waals surface area contributed by atoms with E-state index in [0.29, 0.717) is 0 Å². The number of carbonyl (C=O) groups is 2. The van der Waals surface area contributed by atoms with Gasteiger partial charge < -0.3 is 15.2 Å². The second-order valence-electron chi connectivity index (χ2n) is 5.42. The van der Waals surface area contributed by atoms with E-state index in [9.17, 15) is 22.8 Å². The van der Waals surface area contributed by atoms with Crippen molar-refractivity contribution in [2.24, 2.45) is 5.92 Å². The first kappa shape index (κ1) is 18.8. The van der Waals surface area contributed by atoms with E-state index in [-0.39, 0.29) is 23.7 Å². The lowest BCUT2D eigenvalue weighted by molar-refractivity contribution is -0.153. The average molecular weight is 333 g/mol. The number of nitrogens with one attached hydrogen (secondary N) is 1. The Hall–Kier alpha value is -2.25. The number of rotatable bonds is 7. The fourth-order valence-corrected chi connectivity index (χ4v) is 1.80. The van der Waals surface area contributed by atoms with Crippen molar-refractivity contribution in [3.05, 3.63) is 29.8 Å². The number of hydrogen-bond acceptors (Lipinski definition) is 3. The zero-order chi connectivity index (χ0) is 17.6. The number of benzene rings is 1. The smallest absolute Gasteiger partial charge is 0.422 e. The van der Waals surface area contributed by atoms with Gasteiger partial charge in [-0.25, -0.2) is 4.79 Å². The molecular weight excluding hydrogens is 315 g/mol. The Kier molecular flexibility index (Phi) is 6.41. The monoisotopic (exact) mass is 333 g/mol.